The molecule has 0 radical (unpaired) electrons. The molecular formula is C30H35N3O5. The molecule has 1 heterocycles. The second kappa shape index (κ2) is 13.2. The number of piperazine rings is 1. The van der Waals surface area contributed by atoms with Gasteiger partial charge in [-0.2, -0.15) is 0 Å². The van der Waals surface area contributed by atoms with E-state index in [1.807, 2.05) is 42.5 Å². The van der Waals surface area contributed by atoms with Gasteiger partial charge in [0.2, 0.25) is 0 Å². The number of nitrogens with one attached hydrogen (secondary N) is 1. The highest BCUT2D eigenvalue weighted by molar-refractivity contribution is 6.09. The smallest absolute Gasteiger partial charge is 0.337 e. The van der Waals surface area contributed by atoms with Gasteiger partial charge in [0.1, 0.15) is 5.75 Å². The van der Waals surface area contributed by atoms with E-state index in [0.29, 0.717) is 17.9 Å². The minimum absolute atomic E-state index is 0.0110. The normalized spacial score (nSPS) is 14.3. The molecule has 4 rings (SSSR count). The molecule has 1 fully saturated rings. The number of rotatable bonds is 11. The molecule has 0 aromatic heterocycles. The molecule has 8 heteroatoms. The van der Waals surface area contributed by atoms with Crippen molar-refractivity contribution in [3.8, 4) is 16.9 Å². The van der Waals surface area contributed by atoms with Crippen molar-refractivity contribution in [1.82, 2.24) is 9.80 Å². The fraction of sp³-hybridized carbons (Fsp3) is 0.333. The van der Waals surface area contributed by atoms with Crippen LogP contribution in [0, 0.1) is 0 Å². The van der Waals surface area contributed by atoms with Crippen LogP contribution >= 0.6 is 0 Å². The summed E-state index contributed by atoms with van der Waals surface area (Å²) < 4.78 is 10.7. The first-order chi connectivity index (χ1) is 18.5. The molecule has 1 aliphatic heterocycles. The Hall–Kier alpha value is -3.72. The number of methoxy groups -OCH3 is 1. The van der Waals surface area contributed by atoms with Crippen LogP contribution in [0.5, 0.6) is 5.75 Å². The van der Waals surface area contributed by atoms with Crippen LogP contribution in [0.1, 0.15) is 39.6 Å². The van der Waals surface area contributed by atoms with Crippen molar-refractivity contribution in [3.05, 3.63) is 83.4 Å². The molecule has 0 bridgehead atoms. The van der Waals surface area contributed by atoms with E-state index in [1.54, 1.807) is 18.2 Å². The highest BCUT2D eigenvalue weighted by atomic mass is 16.7. The van der Waals surface area contributed by atoms with Crippen LogP contribution in [0.25, 0.3) is 11.1 Å². The van der Waals surface area contributed by atoms with E-state index in [9.17, 15) is 14.7 Å². The second-order valence-corrected chi connectivity index (χ2v) is 9.38. The van der Waals surface area contributed by atoms with Crippen LogP contribution in [0.2, 0.25) is 0 Å². The van der Waals surface area contributed by atoms with Gasteiger partial charge >= 0.3 is 5.97 Å². The lowest BCUT2D eigenvalue weighted by Gasteiger charge is -2.34. The highest BCUT2D eigenvalue weighted by Gasteiger charge is 2.21. The van der Waals surface area contributed by atoms with E-state index in [2.05, 4.69) is 22.0 Å². The Bertz CT molecular complexity index is 1240. The lowest BCUT2D eigenvalue weighted by atomic mass is 10.0. The van der Waals surface area contributed by atoms with Crippen LogP contribution in [-0.2, 0) is 11.3 Å². The fourth-order valence-corrected chi connectivity index (χ4v) is 4.68. The summed E-state index contributed by atoms with van der Waals surface area (Å²) in [5.74, 6) is -1.19. The van der Waals surface area contributed by atoms with E-state index in [4.69, 9.17) is 9.47 Å². The predicted molar refractivity (Wildman–Crippen MR) is 148 cm³/mol. The third kappa shape index (κ3) is 6.98. The molecule has 2 N–H and O–H groups in total. The van der Waals surface area contributed by atoms with E-state index in [-0.39, 0.29) is 18.0 Å². The molecular weight excluding hydrogens is 482 g/mol. The lowest BCUT2D eigenvalue weighted by molar-refractivity contribution is 0.0502. The van der Waals surface area contributed by atoms with E-state index in [1.165, 1.54) is 13.2 Å². The van der Waals surface area contributed by atoms with Crippen molar-refractivity contribution in [1.29, 1.82) is 0 Å². The van der Waals surface area contributed by atoms with Gasteiger partial charge in [-0.15, -0.1) is 0 Å². The Balaban J connectivity index is 1.58. The van der Waals surface area contributed by atoms with Gasteiger partial charge in [0.05, 0.1) is 16.8 Å². The number of benzene rings is 3. The first-order valence-electron chi connectivity index (χ1n) is 12.9. The summed E-state index contributed by atoms with van der Waals surface area (Å²) in [4.78, 5) is 30.3. The van der Waals surface area contributed by atoms with Crippen molar-refractivity contribution < 1.29 is 24.2 Å². The molecule has 0 saturated carbocycles. The minimum Gasteiger partial charge on any atom is -0.478 e. The molecule has 0 aliphatic carbocycles. The third-order valence-corrected chi connectivity index (χ3v) is 6.64. The number of carbonyl (C=O) groups is 2. The largest absolute Gasteiger partial charge is 0.478 e. The lowest BCUT2D eigenvalue weighted by Crippen LogP contribution is -2.45. The standard InChI is InChI=1S/C30H35N3O5/c1-3-13-32-14-16-33(17-15-32)20-22-9-12-28(38-21-37-2)26(18-22)29(34)31-27-19-24(10-11-25(27)30(35)36)23-7-5-4-6-8-23/h4-12,18-19H,3,13-17,20-21H2,1-2H3,(H,31,34)(H,35,36). The zero-order valence-corrected chi connectivity index (χ0v) is 22.0. The number of carboxylic acids is 1. The molecule has 0 spiro atoms. The Morgan fingerprint density at radius 1 is 0.895 bits per heavy atom. The van der Waals surface area contributed by atoms with Crippen LogP contribution in [-0.4, -0.2) is 73.4 Å². The maximum atomic E-state index is 13.5. The van der Waals surface area contributed by atoms with Crippen LogP contribution in [0.15, 0.2) is 66.7 Å². The summed E-state index contributed by atoms with van der Waals surface area (Å²) in [5, 5.41) is 12.6. The SMILES string of the molecule is CCCN1CCN(Cc2ccc(OCOC)c(C(=O)Nc3cc(-c4ccccc4)ccc3C(=O)O)c2)CC1. The molecule has 1 amide bonds. The average molecular weight is 518 g/mol. The maximum absolute atomic E-state index is 13.5. The summed E-state index contributed by atoms with van der Waals surface area (Å²) in [7, 11) is 1.51. The van der Waals surface area contributed by atoms with Gasteiger partial charge in [0.25, 0.3) is 5.91 Å². The Morgan fingerprint density at radius 2 is 1.63 bits per heavy atom. The number of hydrogen-bond acceptors (Lipinski definition) is 6. The molecule has 0 atom stereocenters. The number of carbonyl (C=O) groups excluding carboxylic acids is 1. The number of anilines is 1. The zero-order valence-electron chi connectivity index (χ0n) is 22.0. The molecule has 200 valence electrons. The van der Waals surface area contributed by atoms with Crippen molar-refractivity contribution in [2.75, 3.05) is 51.9 Å². The third-order valence-electron chi connectivity index (χ3n) is 6.64. The number of nitrogens with zero attached hydrogens (tertiary/aromatic N) is 2. The number of aromatic carboxylic acids is 1. The van der Waals surface area contributed by atoms with Gasteiger partial charge in [-0.3, -0.25) is 9.69 Å². The van der Waals surface area contributed by atoms with Crippen LogP contribution in [0.3, 0.4) is 0 Å². The number of carboxylic acid groups (broad SMARTS) is 1. The summed E-state index contributed by atoms with van der Waals surface area (Å²) in [6.45, 7) is 8.03. The molecule has 1 saturated heterocycles. The predicted octanol–water partition coefficient (Wildman–Crippen LogP) is 4.81. The van der Waals surface area contributed by atoms with Gasteiger partial charge in [-0.05, 0) is 53.9 Å². The van der Waals surface area contributed by atoms with Gasteiger partial charge in [-0.25, -0.2) is 4.79 Å². The van der Waals surface area contributed by atoms with Gasteiger partial charge in [0.15, 0.2) is 6.79 Å². The summed E-state index contributed by atoms with van der Waals surface area (Å²) in [6, 6.07) is 20.1. The molecule has 38 heavy (non-hydrogen) atoms. The van der Waals surface area contributed by atoms with Crippen molar-refractivity contribution in [3.63, 3.8) is 0 Å². The Morgan fingerprint density at radius 3 is 2.32 bits per heavy atom. The van der Waals surface area contributed by atoms with Gasteiger partial charge < -0.3 is 24.8 Å². The summed E-state index contributed by atoms with van der Waals surface area (Å²) >= 11 is 0. The number of ether oxygens (including phenoxy) is 2. The Kier molecular flexibility index (Phi) is 9.48. The van der Waals surface area contributed by atoms with E-state index < -0.39 is 11.9 Å². The topological polar surface area (TPSA) is 91.3 Å². The van der Waals surface area contributed by atoms with Crippen molar-refractivity contribution in [2.45, 2.75) is 19.9 Å². The molecule has 0 unspecified atom stereocenters. The van der Waals surface area contributed by atoms with Crippen LogP contribution < -0.4 is 10.1 Å². The van der Waals surface area contributed by atoms with Crippen LogP contribution in [0.4, 0.5) is 5.69 Å². The zero-order chi connectivity index (χ0) is 26.9. The van der Waals surface area contributed by atoms with E-state index in [0.717, 1.165) is 55.8 Å². The molecule has 8 nitrogen and oxygen atoms in total. The Labute approximate surface area is 223 Å². The highest BCUT2D eigenvalue weighted by Crippen LogP contribution is 2.28. The first kappa shape index (κ1) is 27.3. The molecule has 3 aromatic rings. The fourth-order valence-electron chi connectivity index (χ4n) is 4.68. The minimum atomic E-state index is -1.12. The van der Waals surface area contributed by atoms with E-state index >= 15 is 0 Å². The summed E-state index contributed by atoms with van der Waals surface area (Å²) in [5.41, 5.74) is 3.27. The maximum Gasteiger partial charge on any atom is 0.337 e. The summed E-state index contributed by atoms with van der Waals surface area (Å²) in [6.07, 6.45) is 1.15. The van der Waals surface area contributed by atoms with Crippen molar-refractivity contribution >= 4 is 17.6 Å². The number of amides is 1. The molecule has 1 aliphatic rings. The van der Waals surface area contributed by atoms with Gasteiger partial charge in [-0.1, -0.05) is 49.4 Å². The average Bonchev–Trinajstić information content (AvgIpc) is 2.93. The first-order valence-corrected chi connectivity index (χ1v) is 12.9. The van der Waals surface area contributed by atoms with Crippen molar-refractivity contribution in [2.24, 2.45) is 0 Å². The number of hydrogen-bond donors (Lipinski definition) is 2. The second-order valence-electron chi connectivity index (χ2n) is 9.38. The molecule has 3 aromatic carbocycles. The quantitative estimate of drug-likeness (QED) is 0.353. The van der Waals surface area contributed by atoms with Gasteiger partial charge in [0, 0.05) is 39.8 Å². The monoisotopic (exact) mass is 517 g/mol.